The maximum Gasteiger partial charge on any atom is 0.269 e. The number of nitro groups is 1. The molecule has 0 aliphatic heterocycles. The van der Waals surface area contributed by atoms with Crippen molar-refractivity contribution in [1.29, 1.82) is 0 Å². The Bertz CT molecular complexity index is 325. The molecule has 82 valence electrons. The average molecular weight is 229 g/mol. The van der Waals surface area contributed by atoms with Crippen LogP contribution in [0.4, 0.5) is 5.69 Å². The number of hydrogen-bond donors (Lipinski definition) is 1. The van der Waals surface area contributed by atoms with E-state index in [1.807, 2.05) is 0 Å². The van der Waals surface area contributed by atoms with Crippen molar-refractivity contribution in [2.45, 2.75) is 6.54 Å². The minimum absolute atomic E-state index is 0. The van der Waals surface area contributed by atoms with Gasteiger partial charge in [0.15, 0.2) is 0 Å². The van der Waals surface area contributed by atoms with Crippen LogP contribution in [0.15, 0.2) is 36.9 Å². The number of nitrogens with zero attached hydrogens (tertiary/aromatic N) is 1. The first-order valence-electron chi connectivity index (χ1n) is 4.29. The highest BCUT2D eigenvalue weighted by Crippen LogP contribution is 2.11. The largest absolute Gasteiger partial charge is 0.309 e. The van der Waals surface area contributed by atoms with Gasteiger partial charge in [0.25, 0.3) is 5.69 Å². The molecule has 1 aromatic carbocycles. The summed E-state index contributed by atoms with van der Waals surface area (Å²) in [6.45, 7) is 5.01. The Labute approximate surface area is 94.6 Å². The molecule has 0 spiro atoms. The maximum atomic E-state index is 10.3. The monoisotopic (exact) mass is 228 g/mol. The molecule has 0 aliphatic carbocycles. The third kappa shape index (κ3) is 4.58. The van der Waals surface area contributed by atoms with Gasteiger partial charge in [-0.3, -0.25) is 10.1 Å². The minimum Gasteiger partial charge on any atom is -0.309 e. The molecule has 4 nitrogen and oxygen atoms in total. The summed E-state index contributed by atoms with van der Waals surface area (Å²) >= 11 is 0. The zero-order valence-electron chi connectivity index (χ0n) is 8.18. The summed E-state index contributed by atoms with van der Waals surface area (Å²) in [4.78, 5) is 9.95. The molecule has 0 aromatic heterocycles. The molecule has 0 radical (unpaired) electrons. The van der Waals surface area contributed by atoms with Gasteiger partial charge < -0.3 is 5.32 Å². The Kier molecular flexibility index (Phi) is 6.33. The third-order valence-corrected chi connectivity index (χ3v) is 1.76. The Morgan fingerprint density at radius 1 is 1.40 bits per heavy atom. The molecule has 0 aliphatic rings. The first-order chi connectivity index (χ1) is 6.74. The van der Waals surface area contributed by atoms with Crippen molar-refractivity contribution < 1.29 is 4.92 Å². The van der Waals surface area contributed by atoms with E-state index in [1.165, 1.54) is 12.1 Å². The second kappa shape index (κ2) is 6.98. The van der Waals surface area contributed by atoms with Crippen molar-refractivity contribution >= 4 is 18.1 Å². The second-order valence-electron chi connectivity index (χ2n) is 2.84. The number of non-ortho nitro benzene ring substituents is 1. The fraction of sp³-hybridized carbons (Fsp3) is 0.200. The molecule has 1 N–H and O–H groups in total. The van der Waals surface area contributed by atoms with Gasteiger partial charge >= 0.3 is 0 Å². The summed E-state index contributed by atoms with van der Waals surface area (Å²) in [5.74, 6) is 0. The molecule has 1 aromatic rings. The van der Waals surface area contributed by atoms with E-state index in [4.69, 9.17) is 0 Å². The predicted octanol–water partition coefficient (Wildman–Crippen LogP) is 2.29. The topological polar surface area (TPSA) is 55.2 Å². The van der Waals surface area contributed by atoms with Crippen LogP contribution in [0.1, 0.15) is 5.56 Å². The lowest BCUT2D eigenvalue weighted by atomic mass is 10.2. The number of hydrogen-bond acceptors (Lipinski definition) is 3. The average Bonchev–Trinajstić information content (AvgIpc) is 2.19. The highest BCUT2D eigenvalue weighted by Gasteiger charge is 2.02. The Balaban J connectivity index is 0.00000196. The molecular formula is C10H13ClN2O2. The van der Waals surface area contributed by atoms with Crippen LogP contribution in [0.3, 0.4) is 0 Å². The van der Waals surface area contributed by atoms with Gasteiger partial charge in [0, 0.05) is 25.2 Å². The van der Waals surface area contributed by atoms with Crippen LogP contribution < -0.4 is 5.32 Å². The van der Waals surface area contributed by atoms with Gasteiger partial charge in [-0.15, -0.1) is 19.0 Å². The van der Waals surface area contributed by atoms with Gasteiger partial charge in [-0.2, -0.15) is 0 Å². The number of nitro benzene ring substituents is 1. The van der Waals surface area contributed by atoms with E-state index in [9.17, 15) is 10.1 Å². The molecule has 15 heavy (non-hydrogen) atoms. The summed E-state index contributed by atoms with van der Waals surface area (Å²) in [7, 11) is 0. The van der Waals surface area contributed by atoms with Crippen LogP contribution in [-0.4, -0.2) is 11.5 Å². The Morgan fingerprint density at radius 3 is 2.47 bits per heavy atom. The van der Waals surface area contributed by atoms with E-state index in [0.717, 1.165) is 12.1 Å². The summed E-state index contributed by atoms with van der Waals surface area (Å²) in [5, 5.41) is 13.5. The highest BCUT2D eigenvalue weighted by molar-refractivity contribution is 5.85. The zero-order valence-corrected chi connectivity index (χ0v) is 9.00. The van der Waals surface area contributed by atoms with Crippen molar-refractivity contribution in [1.82, 2.24) is 5.32 Å². The highest BCUT2D eigenvalue weighted by atomic mass is 35.5. The molecule has 0 saturated heterocycles. The summed E-state index contributed by atoms with van der Waals surface area (Å²) in [6.07, 6.45) is 1.77. The Hall–Kier alpha value is -1.39. The lowest BCUT2D eigenvalue weighted by Crippen LogP contribution is -2.12. The van der Waals surface area contributed by atoms with Crippen molar-refractivity contribution in [3.63, 3.8) is 0 Å². The van der Waals surface area contributed by atoms with E-state index in [1.54, 1.807) is 18.2 Å². The van der Waals surface area contributed by atoms with Crippen LogP contribution >= 0.6 is 12.4 Å². The summed E-state index contributed by atoms with van der Waals surface area (Å²) in [5.41, 5.74) is 1.15. The van der Waals surface area contributed by atoms with Crippen LogP contribution in [0.25, 0.3) is 0 Å². The van der Waals surface area contributed by atoms with Gasteiger partial charge in [0.05, 0.1) is 4.92 Å². The molecule has 5 heteroatoms. The van der Waals surface area contributed by atoms with Gasteiger partial charge in [0.1, 0.15) is 0 Å². The number of nitrogens with one attached hydrogen (secondary N) is 1. The predicted molar refractivity (Wildman–Crippen MR) is 62.2 cm³/mol. The molecular weight excluding hydrogens is 216 g/mol. The molecule has 0 heterocycles. The maximum absolute atomic E-state index is 10.3. The zero-order chi connectivity index (χ0) is 10.4. The van der Waals surface area contributed by atoms with Crippen LogP contribution in [0, 0.1) is 10.1 Å². The summed E-state index contributed by atoms with van der Waals surface area (Å²) < 4.78 is 0. The standard InChI is InChI=1S/C10H12N2O2.ClH/c1-2-7-11-8-9-3-5-10(6-4-9)12(13)14;/h2-6,11H,1,7-8H2;1H. The normalized spacial score (nSPS) is 9.07. The number of benzene rings is 1. The number of halogens is 1. The van der Waals surface area contributed by atoms with Crippen molar-refractivity contribution in [3.8, 4) is 0 Å². The SMILES string of the molecule is C=CCNCc1ccc([N+](=O)[O-])cc1.Cl. The van der Waals surface area contributed by atoms with Gasteiger partial charge in [-0.25, -0.2) is 0 Å². The van der Waals surface area contributed by atoms with Crippen molar-refractivity contribution in [2.24, 2.45) is 0 Å². The molecule has 0 fully saturated rings. The molecule has 0 bridgehead atoms. The van der Waals surface area contributed by atoms with Gasteiger partial charge in [0.2, 0.25) is 0 Å². The Morgan fingerprint density at radius 2 is 2.00 bits per heavy atom. The van der Waals surface area contributed by atoms with Gasteiger partial charge in [-0.05, 0) is 5.56 Å². The smallest absolute Gasteiger partial charge is 0.269 e. The van der Waals surface area contributed by atoms with Crippen LogP contribution in [0.2, 0.25) is 0 Å². The van der Waals surface area contributed by atoms with E-state index in [2.05, 4.69) is 11.9 Å². The van der Waals surface area contributed by atoms with Crippen LogP contribution in [-0.2, 0) is 6.54 Å². The lowest BCUT2D eigenvalue weighted by molar-refractivity contribution is -0.384. The van der Waals surface area contributed by atoms with Crippen molar-refractivity contribution in [3.05, 3.63) is 52.6 Å². The van der Waals surface area contributed by atoms with E-state index in [0.29, 0.717) is 6.54 Å². The van der Waals surface area contributed by atoms with Crippen molar-refractivity contribution in [2.75, 3.05) is 6.54 Å². The number of rotatable bonds is 5. The van der Waals surface area contributed by atoms with Crippen LogP contribution in [0.5, 0.6) is 0 Å². The molecule has 0 atom stereocenters. The lowest BCUT2D eigenvalue weighted by Gasteiger charge is -2.00. The fourth-order valence-electron chi connectivity index (χ4n) is 1.05. The quantitative estimate of drug-likeness (QED) is 0.364. The summed E-state index contributed by atoms with van der Waals surface area (Å²) in [6, 6.07) is 6.50. The van der Waals surface area contributed by atoms with E-state index in [-0.39, 0.29) is 18.1 Å². The molecule has 0 unspecified atom stereocenters. The second-order valence-corrected chi connectivity index (χ2v) is 2.84. The first-order valence-corrected chi connectivity index (χ1v) is 4.29. The fourth-order valence-corrected chi connectivity index (χ4v) is 1.05. The molecule has 1 rings (SSSR count). The molecule has 0 amide bonds. The third-order valence-electron chi connectivity index (χ3n) is 1.76. The minimum atomic E-state index is -0.402. The first kappa shape index (κ1) is 13.6. The van der Waals surface area contributed by atoms with E-state index >= 15 is 0 Å². The van der Waals surface area contributed by atoms with E-state index < -0.39 is 4.92 Å². The van der Waals surface area contributed by atoms with Gasteiger partial charge in [-0.1, -0.05) is 18.2 Å². The molecule has 0 saturated carbocycles.